The van der Waals surface area contributed by atoms with Crippen molar-refractivity contribution in [2.45, 2.75) is 12.8 Å². The van der Waals surface area contributed by atoms with Crippen LogP contribution in [0.4, 0.5) is 11.5 Å². The van der Waals surface area contributed by atoms with Gasteiger partial charge in [0.15, 0.2) is 0 Å². The summed E-state index contributed by atoms with van der Waals surface area (Å²) >= 11 is 0. The lowest BCUT2D eigenvalue weighted by molar-refractivity contribution is 0.0792. The van der Waals surface area contributed by atoms with Crippen molar-refractivity contribution in [3.05, 3.63) is 48.2 Å². The Morgan fingerprint density at radius 1 is 0.926 bits per heavy atom. The van der Waals surface area contributed by atoms with Crippen LogP contribution in [0.25, 0.3) is 0 Å². The molecule has 2 saturated heterocycles. The Kier molecular flexibility index (Phi) is 5.14. The maximum absolute atomic E-state index is 12.6. The van der Waals surface area contributed by atoms with Gasteiger partial charge in [-0.3, -0.25) is 4.79 Å². The van der Waals surface area contributed by atoms with Crippen LogP contribution in [0.1, 0.15) is 23.2 Å². The van der Waals surface area contributed by atoms with Crippen molar-refractivity contribution in [1.29, 1.82) is 0 Å². The van der Waals surface area contributed by atoms with E-state index in [1.54, 1.807) is 13.3 Å². The van der Waals surface area contributed by atoms with E-state index in [0.29, 0.717) is 0 Å². The lowest BCUT2D eigenvalue weighted by atomic mass is 10.2. The quantitative estimate of drug-likeness (QED) is 0.833. The Morgan fingerprint density at radius 2 is 1.59 bits per heavy atom. The summed E-state index contributed by atoms with van der Waals surface area (Å²) in [7, 11) is 1.68. The normalized spacial score (nSPS) is 17.3. The smallest absolute Gasteiger partial charge is 0.254 e. The number of benzene rings is 1. The van der Waals surface area contributed by atoms with Crippen LogP contribution >= 0.6 is 0 Å². The number of pyridine rings is 1. The molecule has 0 spiro atoms. The van der Waals surface area contributed by atoms with Gasteiger partial charge in [0, 0.05) is 56.7 Å². The second-order valence-corrected chi connectivity index (χ2v) is 7.07. The summed E-state index contributed by atoms with van der Waals surface area (Å²) in [5.41, 5.74) is 1.96. The fraction of sp³-hybridized carbons (Fsp3) is 0.429. The van der Waals surface area contributed by atoms with Crippen molar-refractivity contribution in [2.75, 3.05) is 56.2 Å². The van der Waals surface area contributed by atoms with Gasteiger partial charge in [-0.15, -0.1) is 0 Å². The summed E-state index contributed by atoms with van der Waals surface area (Å²) in [5, 5.41) is 0. The second-order valence-electron chi connectivity index (χ2n) is 7.07. The van der Waals surface area contributed by atoms with Crippen molar-refractivity contribution in [3.8, 4) is 5.75 Å². The number of carbonyl (C=O) groups excluding carboxylic acids is 1. The molecule has 0 bridgehead atoms. The zero-order valence-electron chi connectivity index (χ0n) is 15.8. The van der Waals surface area contributed by atoms with Gasteiger partial charge in [0.05, 0.1) is 7.11 Å². The zero-order valence-corrected chi connectivity index (χ0v) is 15.8. The fourth-order valence-electron chi connectivity index (χ4n) is 3.81. The summed E-state index contributed by atoms with van der Waals surface area (Å²) in [4.78, 5) is 23.7. The number of amides is 1. The van der Waals surface area contributed by atoms with Crippen LogP contribution in [0.3, 0.4) is 0 Å². The molecule has 4 rings (SSSR count). The molecule has 0 N–H and O–H groups in total. The average Bonchev–Trinajstić information content (AvgIpc) is 3.28. The maximum atomic E-state index is 12.6. The van der Waals surface area contributed by atoms with E-state index >= 15 is 0 Å². The molecule has 1 amide bonds. The molecule has 0 saturated carbocycles. The molecule has 2 aliphatic heterocycles. The lowest BCUT2D eigenvalue weighted by Gasteiger charge is -2.36. The summed E-state index contributed by atoms with van der Waals surface area (Å²) in [6.45, 7) is 5.38. The first-order valence-corrected chi connectivity index (χ1v) is 9.64. The molecule has 3 heterocycles. The lowest BCUT2D eigenvalue weighted by Crippen LogP contribution is -2.46. The first kappa shape index (κ1) is 17.6. The van der Waals surface area contributed by atoms with Crippen LogP contribution in [-0.2, 0) is 0 Å². The predicted molar refractivity (Wildman–Crippen MR) is 107 cm³/mol. The number of nitrogens with zero attached hydrogens (tertiary/aromatic N) is 4. The van der Waals surface area contributed by atoms with Gasteiger partial charge in [-0.25, -0.2) is 4.98 Å². The van der Waals surface area contributed by atoms with Crippen molar-refractivity contribution in [2.24, 2.45) is 0 Å². The van der Waals surface area contributed by atoms with E-state index in [1.807, 2.05) is 29.2 Å². The minimum Gasteiger partial charge on any atom is -0.497 e. The summed E-state index contributed by atoms with van der Waals surface area (Å²) in [6.07, 6.45) is 3.97. The number of anilines is 2. The third-order valence-corrected chi connectivity index (χ3v) is 5.43. The highest BCUT2D eigenvalue weighted by Gasteiger charge is 2.22. The third-order valence-electron chi connectivity index (χ3n) is 5.43. The number of ether oxygens (including phenoxy) is 1. The van der Waals surface area contributed by atoms with Crippen LogP contribution in [0.5, 0.6) is 5.75 Å². The summed E-state index contributed by atoms with van der Waals surface area (Å²) < 4.78 is 5.23. The first-order chi connectivity index (χ1) is 13.2. The summed E-state index contributed by atoms with van der Waals surface area (Å²) in [5.74, 6) is 1.91. The number of aromatic nitrogens is 1. The molecule has 2 fully saturated rings. The molecule has 6 heteroatoms. The van der Waals surface area contributed by atoms with Gasteiger partial charge in [0.2, 0.25) is 0 Å². The van der Waals surface area contributed by atoms with E-state index in [0.717, 1.165) is 69.2 Å². The fourth-order valence-corrected chi connectivity index (χ4v) is 3.81. The van der Waals surface area contributed by atoms with E-state index in [2.05, 4.69) is 26.9 Å². The predicted octanol–water partition coefficient (Wildman–Crippen LogP) is 2.65. The van der Waals surface area contributed by atoms with Crippen LogP contribution in [0.15, 0.2) is 42.6 Å². The molecule has 142 valence electrons. The molecular weight excluding hydrogens is 340 g/mol. The molecule has 0 aliphatic carbocycles. The van der Waals surface area contributed by atoms with E-state index in [9.17, 15) is 4.79 Å². The minimum absolute atomic E-state index is 0.132. The number of hydrogen-bond acceptors (Lipinski definition) is 5. The highest BCUT2D eigenvalue weighted by atomic mass is 16.5. The van der Waals surface area contributed by atoms with Crippen LogP contribution in [0, 0.1) is 0 Å². The number of methoxy groups -OCH3 is 1. The highest BCUT2D eigenvalue weighted by Crippen LogP contribution is 2.23. The number of rotatable bonds is 4. The van der Waals surface area contributed by atoms with Crippen molar-refractivity contribution < 1.29 is 9.53 Å². The van der Waals surface area contributed by atoms with Crippen LogP contribution in [-0.4, -0.2) is 62.2 Å². The minimum atomic E-state index is 0.132. The van der Waals surface area contributed by atoms with Gasteiger partial charge < -0.3 is 19.4 Å². The Bertz CT molecular complexity index is 779. The number of carbonyl (C=O) groups is 1. The highest BCUT2D eigenvalue weighted by molar-refractivity contribution is 5.95. The Labute approximate surface area is 160 Å². The molecule has 1 aromatic heterocycles. The monoisotopic (exact) mass is 366 g/mol. The van der Waals surface area contributed by atoms with E-state index in [1.165, 1.54) is 5.69 Å². The Balaban J connectivity index is 1.40. The third kappa shape index (κ3) is 3.84. The Hall–Kier alpha value is -2.76. The zero-order chi connectivity index (χ0) is 18.6. The Morgan fingerprint density at radius 3 is 2.26 bits per heavy atom. The SMILES string of the molecule is COc1ccc(N2CCN(c3cc(C(=O)N4CCCC4)ccn3)CC2)cc1. The maximum Gasteiger partial charge on any atom is 0.254 e. The molecule has 2 aliphatic rings. The van der Waals surface area contributed by atoms with Gasteiger partial charge in [-0.2, -0.15) is 0 Å². The number of piperazine rings is 1. The van der Waals surface area contributed by atoms with Crippen LogP contribution in [0.2, 0.25) is 0 Å². The van der Waals surface area contributed by atoms with E-state index < -0.39 is 0 Å². The molecule has 0 atom stereocenters. The molecule has 1 aromatic carbocycles. The molecule has 2 aromatic rings. The van der Waals surface area contributed by atoms with Gasteiger partial charge in [-0.05, 0) is 49.2 Å². The van der Waals surface area contributed by atoms with E-state index in [-0.39, 0.29) is 5.91 Å². The average molecular weight is 366 g/mol. The van der Waals surface area contributed by atoms with Crippen LogP contribution < -0.4 is 14.5 Å². The molecular formula is C21H26N4O2. The molecule has 6 nitrogen and oxygen atoms in total. The second kappa shape index (κ2) is 7.86. The number of likely N-dealkylation sites (tertiary alicyclic amines) is 1. The topological polar surface area (TPSA) is 48.9 Å². The summed E-state index contributed by atoms with van der Waals surface area (Å²) in [6, 6.07) is 12.0. The van der Waals surface area contributed by atoms with Crippen molar-refractivity contribution in [1.82, 2.24) is 9.88 Å². The van der Waals surface area contributed by atoms with Crippen molar-refractivity contribution >= 4 is 17.4 Å². The molecule has 0 unspecified atom stereocenters. The van der Waals surface area contributed by atoms with Gasteiger partial charge >= 0.3 is 0 Å². The van der Waals surface area contributed by atoms with Gasteiger partial charge in [-0.1, -0.05) is 0 Å². The van der Waals surface area contributed by atoms with Gasteiger partial charge in [0.25, 0.3) is 5.91 Å². The van der Waals surface area contributed by atoms with Crippen molar-refractivity contribution in [3.63, 3.8) is 0 Å². The largest absolute Gasteiger partial charge is 0.497 e. The molecule has 0 radical (unpaired) electrons. The number of hydrogen-bond donors (Lipinski definition) is 0. The molecule has 27 heavy (non-hydrogen) atoms. The standard InChI is InChI=1S/C21H26N4O2/c1-27-19-6-4-18(5-7-19)23-12-14-24(15-13-23)20-16-17(8-9-22-20)21(26)25-10-2-3-11-25/h4-9,16H,2-3,10-15H2,1H3. The van der Waals surface area contributed by atoms with E-state index in [4.69, 9.17) is 4.74 Å². The first-order valence-electron chi connectivity index (χ1n) is 9.64. The van der Waals surface area contributed by atoms with Gasteiger partial charge in [0.1, 0.15) is 11.6 Å².